The molecule has 0 aliphatic rings. The zero-order valence-electron chi connectivity index (χ0n) is 14.3. The standard InChI is InChI=1S/C19H23O3PS2/c1-2-3-14-25-19(24)23(20,21-15-17-10-6-4-7-11-17)22-16-18-12-8-5-9-13-18/h4-13H,2-3,14-16H2,1H3. The first-order chi connectivity index (χ1) is 12.1. The van der Waals surface area contributed by atoms with Crippen LogP contribution in [0.1, 0.15) is 30.9 Å². The summed E-state index contributed by atoms with van der Waals surface area (Å²) in [7, 11) is -3.49. The van der Waals surface area contributed by atoms with Crippen LogP contribution in [0.2, 0.25) is 0 Å². The summed E-state index contributed by atoms with van der Waals surface area (Å²) < 4.78 is 25.0. The molecule has 3 nitrogen and oxygen atoms in total. The monoisotopic (exact) mass is 394 g/mol. The first-order valence-corrected chi connectivity index (χ1v) is 11.2. The molecular weight excluding hydrogens is 371 g/mol. The van der Waals surface area contributed by atoms with E-state index in [4.69, 9.17) is 21.3 Å². The van der Waals surface area contributed by atoms with Gasteiger partial charge in [-0.2, -0.15) is 0 Å². The molecule has 0 aromatic heterocycles. The van der Waals surface area contributed by atoms with Crippen molar-refractivity contribution in [2.24, 2.45) is 0 Å². The summed E-state index contributed by atoms with van der Waals surface area (Å²) in [4.78, 5) is 0. The van der Waals surface area contributed by atoms with Crippen molar-refractivity contribution in [3.8, 4) is 0 Å². The second kappa shape index (κ2) is 10.9. The molecule has 0 heterocycles. The topological polar surface area (TPSA) is 35.5 Å². The van der Waals surface area contributed by atoms with Crippen molar-refractivity contribution in [3.05, 3.63) is 71.8 Å². The Morgan fingerprint density at radius 1 is 0.960 bits per heavy atom. The molecule has 0 amide bonds. The Labute approximate surface area is 159 Å². The van der Waals surface area contributed by atoms with E-state index in [0.29, 0.717) is 3.94 Å². The van der Waals surface area contributed by atoms with E-state index >= 15 is 0 Å². The van der Waals surface area contributed by atoms with E-state index in [-0.39, 0.29) is 13.2 Å². The summed E-state index contributed by atoms with van der Waals surface area (Å²) in [5, 5.41) is 0. The summed E-state index contributed by atoms with van der Waals surface area (Å²) in [6.45, 7) is 2.53. The lowest BCUT2D eigenvalue weighted by Crippen LogP contribution is -2.04. The Balaban J connectivity index is 2.03. The molecule has 2 aromatic carbocycles. The van der Waals surface area contributed by atoms with Gasteiger partial charge in [-0.15, -0.1) is 11.8 Å². The average Bonchev–Trinajstić information content (AvgIpc) is 2.66. The zero-order valence-corrected chi connectivity index (χ0v) is 16.8. The molecule has 0 N–H and O–H groups in total. The van der Waals surface area contributed by atoms with Gasteiger partial charge in [-0.25, -0.2) is 0 Å². The normalized spacial score (nSPS) is 11.4. The van der Waals surface area contributed by atoms with Crippen LogP contribution >= 0.6 is 31.6 Å². The average molecular weight is 394 g/mol. The minimum Gasteiger partial charge on any atom is -0.299 e. The van der Waals surface area contributed by atoms with Crippen LogP contribution in [0.25, 0.3) is 0 Å². The predicted octanol–water partition coefficient (Wildman–Crippen LogP) is 6.43. The fourth-order valence-corrected chi connectivity index (χ4v) is 5.31. The molecule has 2 aromatic rings. The molecule has 0 bridgehead atoms. The molecular formula is C19H23O3PS2. The van der Waals surface area contributed by atoms with Gasteiger partial charge in [-0.3, -0.25) is 13.6 Å². The van der Waals surface area contributed by atoms with Crippen LogP contribution in [0.15, 0.2) is 60.7 Å². The summed E-state index contributed by atoms with van der Waals surface area (Å²) >= 11 is 6.78. The van der Waals surface area contributed by atoms with Crippen LogP contribution in [0, 0.1) is 0 Å². The Hall–Kier alpha value is -0.970. The molecule has 0 saturated heterocycles. The molecule has 2 rings (SSSR count). The molecule has 0 radical (unpaired) electrons. The third kappa shape index (κ3) is 7.04. The Morgan fingerprint density at radius 2 is 1.44 bits per heavy atom. The molecule has 0 fully saturated rings. The third-order valence-electron chi connectivity index (χ3n) is 3.44. The molecule has 0 aliphatic heterocycles. The number of hydrogen-bond donors (Lipinski definition) is 0. The highest BCUT2D eigenvalue weighted by atomic mass is 32.2. The smallest absolute Gasteiger partial charge is 0.299 e. The van der Waals surface area contributed by atoms with E-state index in [1.54, 1.807) is 0 Å². The van der Waals surface area contributed by atoms with Gasteiger partial charge < -0.3 is 0 Å². The van der Waals surface area contributed by atoms with Crippen molar-refractivity contribution in [2.45, 2.75) is 33.0 Å². The van der Waals surface area contributed by atoms with Crippen LogP contribution in [0.5, 0.6) is 0 Å². The SMILES string of the molecule is CCCCSC(=S)P(=O)(OCc1ccccc1)OCc1ccccc1. The first kappa shape index (κ1) is 20.3. The van der Waals surface area contributed by atoms with Gasteiger partial charge in [0.25, 0.3) is 0 Å². The third-order valence-corrected chi connectivity index (χ3v) is 7.64. The second-order valence-electron chi connectivity index (χ2n) is 5.48. The summed E-state index contributed by atoms with van der Waals surface area (Å²) in [6, 6.07) is 19.2. The lowest BCUT2D eigenvalue weighted by Gasteiger charge is -2.19. The lowest BCUT2D eigenvalue weighted by atomic mass is 10.2. The van der Waals surface area contributed by atoms with Gasteiger partial charge in [-0.05, 0) is 23.3 Å². The van der Waals surface area contributed by atoms with Gasteiger partial charge in [-0.1, -0.05) is 86.2 Å². The minimum atomic E-state index is -3.49. The van der Waals surface area contributed by atoms with Crippen molar-refractivity contribution in [1.82, 2.24) is 0 Å². The van der Waals surface area contributed by atoms with E-state index in [0.717, 1.165) is 29.7 Å². The minimum absolute atomic E-state index is 0.210. The van der Waals surface area contributed by atoms with Crippen LogP contribution in [-0.2, 0) is 26.8 Å². The van der Waals surface area contributed by atoms with Gasteiger partial charge >= 0.3 is 7.60 Å². The molecule has 6 heteroatoms. The van der Waals surface area contributed by atoms with E-state index in [9.17, 15) is 4.57 Å². The van der Waals surface area contributed by atoms with Gasteiger partial charge in [0.15, 0.2) is 3.94 Å². The van der Waals surface area contributed by atoms with E-state index < -0.39 is 7.60 Å². The molecule has 0 saturated carbocycles. The van der Waals surface area contributed by atoms with Crippen molar-refractivity contribution in [2.75, 3.05) is 5.75 Å². The maximum atomic E-state index is 13.2. The first-order valence-electron chi connectivity index (χ1n) is 8.28. The van der Waals surface area contributed by atoms with Crippen molar-refractivity contribution >= 4 is 35.5 Å². The van der Waals surface area contributed by atoms with E-state index in [2.05, 4.69) is 6.92 Å². The largest absolute Gasteiger partial charge is 0.379 e. The molecule has 25 heavy (non-hydrogen) atoms. The Bertz CT molecular complexity index is 645. The summed E-state index contributed by atoms with van der Waals surface area (Å²) in [5.41, 5.74) is 1.87. The highest BCUT2D eigenvalue weighted by Crippen LogP contribution is 2.54. The summed E-state index contributed by atoms with van der Waals surface area (Å²) in [5.74, 6) is 0.822. The number of thioether (sulfide) groups is 1. The maximum absolute atomic E-state index is 13.2. The van der Waals surface area contributed by atoms with Crippen LogP contribution < -0.4 is 0 Å². The quantitative estimate of drug-likeness (QED) is 0.263. The Morgan fingerprint density at radius 3 is 1.88 bits per heavy atom. The van der Waals surface area contributed by atoms with Crippen molar-refractivity contribution < 1.29 is 13.6 Å². The van der Waals surface area contributed by atoms with E-state index in [1.165, 1.54) is 11.8 Å². The predicted molar refractivity (Wildman–Crippen MR) is 110 cm³/mol. The highest BCUT2D eigenvalue weighted by molar-refractivity contribution is 8.35. The maximum Gasteiger partial charge on any atom is 0.379 e. The van der Waals surface area contributed by atoms with Gasteiger partial charge in [0, 0.05) is 0 Å². The van der Waals surface area contributed by atoms with Crippen LogP contribution in [0.3, 0.4) is 0 Å². The highest BCUT2D eigenvalue weighted by Gasteiger charge is 2.31. The zero-order chi connectivity index (χ0) is 18.0. The fourth-order valence-electron chi connectivity index (χ4n) is 1.99. The molecule has 134 valence electrons. The van der Waals surface area contributed by atoms with Gasteiger partial charge in [0.2, 0.25) is 0 Å². The molecule has 0 unspecified atom stereocenters. The molecule has 0 atom stereocenters. The Kier molecular flexibility index (Phi) is 8.87. The van der Waals surface area contributed by atoms with Crippen LogP contribution in [-0.4, -0.2) is 9.69 Å². The lowest BCUT2D eigenvalue weighted by molar-refractivity contribution is 0.203. The number of thiocarbonyl (C=S) groups is 1. The van der Waals surface area contributed by atoms with Crippen molar-refractivity contribution in [1.29, 1.82) is 0 Å². The molecule has 0 spiro atoms. The summed E-state index contributed by atoms with van der Waals surface area (Å²) in [6.07, 6.45) is 2.08. The van der Waals surface area contributed by atoms with Crippen molar-refractivity contribution in [3.63, 3.8) is 0 Å². The number of unbranched alkanes of at least 4 members (excludes halogenated alkanes) is 1. The van der Waals surface area contributed by atoms with Crippen LogP contribution in [0.4, 0.5) is 0 Å². The van der Waals surface area contributed by atoms with E-state index in [1.807, 2.05) is 60.7 Å². The van der Waals surface area contributed by atoms with Gasteiger partial charge in [0.05, 0.1) is 13.2 Å². The van der Waals surface area contributed by atoms with Gasteiger partial charge in [0.1, 0.15) is 0 Å². The molecule has 0 aliphatic carbocycles. The number of hydrogen-bond acceptors (Lipinski definition) is 5. The second-order valence-corrected chi connectivity index (χ2v) is 9.82. The number of rotatable bonds is 10. The fraction of sp³-hybridized carbons (Fsp3) is 0.316. The number of benzene rings is 2.